The van der Waals surface area contributed by atoms with Gasteiger partial charge in [-0.05, 0) is 41.9 Å². The molecule has 0 saturated carbocycles. The number of piperazine rings is 1. The lowest BCUT2D eigenvalue weighted by molar-refractivity contribution is 0.0951. The SMILES string of the molecule is CCN1CCN(c2cc(Cl)nc(SCc3ccc(C(=O)NCc4ccncc4)cc3)n2)CC1. The number of halogens is 1. The van der Waals surface area contributed by atoms with E-state index in [1.165, 1.54) is 0 Å². The first-order valence-corrected chi connectivity index (χ1v) is 12.4. The first-order chi connectivity index (χ1) is 16.1. The van der Waals surface area contributed by atoms with Gasteiger partial charge in [-0.3, -0.25) is 9.78 Å². The van der Waals surface area contributed by atoms with Crippen LogP contribution in [0.1, 0.15) is 28.4 Å². The minimum atomic E-state index is -0.1000. The van der Waals surface area contributed by atoms with Gasteiger partial charge in [-0.2, -0.15) is 0 Å². The summed E-state index contributed by atoms with van der Waals surface area (Å²) in [6, 6.07) is 13.2. The van der Waals surface area contributed by atoms with Gasteiger partial charge in [0.05, 0.1) is 0 Å². The topological polar surface area (TPSA) is 74.2 Å². The van der Waals surface area contributed by atoms with Crippen LogP contribution in [0, 0.1) is 0 Å². The fourth-order valence-corrected chi connectivity index (χ4v) is 4.63. The minimum absolute atomic E-state index is 0.1000. The van der Waals surface area contributed by atoms with Gasteiger partial charge in [-0.1, -0.05) is 42.4 Å². The number of carbonyl (C=O) groups is 1. The second kappa shape index (κ2) is 11.4. The van der Waals surface area contributed by atoms with Crippen LogP contribution in [0.2, 0.25) is 5.15 Å². The van der Waals surface area contributed by atoms with E-state index in [-0.39, 0.29) is 5.91 Å². The quantitative estimate of drug-likeness (QED) is 0.296. The van der Waals surface area contributed by atoms with E-state index in [4.69, 9.17) is 16.6 Å². The number of hydrogen-bond donors (Lipinski definition) is 1. The van der Waals surface area contributed by atoms with E-state index in [0.717, 1.165) is 49.7 Å². The highest BCUT2D eigenvalue weighted by Crippen LogP contribution is 2.25. The monoisotopic (exact) mass is 482 g/mol. The third kappa shape index (κ3) is 6.66. The van der Waals surface area contributed by atoms with Crippen molar-refractivity contribution in [3.63, 3.8) is 0 Å². The Hall–Kier alpha value is -2.68. The Kier molecular flexibility index (Phi) is 8.15. The first kappa shape index (κ1) is 23.5. The molecule has 3 aromatic rings. The van der Waals surface area contributed by atoms with Crippen molar-refractivity contribution >= 4 is 35.1 Å². The maximum atomic E-state index is 12.4. The lowest BCUT2D eigenvalue weighted by atomic mass is 10.1. The Morgan fingerprint density at radius 2 is 1.76 bits per heavy atom. The molecule has 33 heavy (non-hydrogen) atoms. The number of pyridine rings is 1. The summed E-state index contributed by atoms with van der Waals surface area (Å²) in [6.45, 7) is 7.68. The Bertz CT molecular complexity index is 1060. The molecule has 1 fully saturated rings. The summed E-state index contributed by atoms with van der Waals surface area (Å²) in [4.78, 5) is 30.2. The number of anilines is 1. The van der Waals surface area contributed by atoms with Crippen LogP contribution in [0.25, 0.3) is 0 Å². The van der Waals surface area contributed by atoms with Crippen molar-refractivity contribution in [1.82, 2.24) is 25.2 Å². The number of likely N-dealkylation sites (N-methyl/N-ethyl adjacent to an activating group) is 1. The van der Waals surface area contributed by atoms with Crippen molar-refractivity contribution in [2.75, 3.05) is 37.6 Å². The molecule has 0 spiro atoms. The molecular weight excluding hydrogens is 456 g/mol. The van der Waals surface area contributed by atoms with Crippen LogP contribution in [-0.2, 0) is 12.3 Å². The molecule has 7 nitrogen and oxygen atoms in total. The Labute approximate surface area is 203 Å². The summed E-state index contributed by atoms with van der Waals surface area (Å²) >= 11 is 7.83. The largest absolute Gasteiger partial charge is 0.354 e. The van der Waals surface area contributed by atoms with Gasteiger partial charge in [0, 0.05) is 62.5 Å². The highest BCUT2D eigenvalue weighted by Gasteiger charge is 2.18. The number of benzene rings is 1. The van der Waals surface area contributed by atoms with Crippen molar-refractivity contribution in [3.8, 4) is 0 Å². The van der Waals surface area contributed by atoms with E-state index in [9.17, 15) is 4.79 Å². The van der Waals surface area contributed by atoms with Crippen molar-refractivity contribution in [1.29, 1.82) is 0 Å². The number of thioether (sulfide) groups is 1. The van der Waals surface area contributed by atoms with Gasteiger partial charge in [-0.15, -0.1) is 0 Å². The summed E-state index contributed by atoms with van der Waals surface area (Å²) in [5.41, 5.74) is 2.73. The van der Waals surface area contributed by atoms with Crippen LogP contribution in [0.15, 0.2) is 60.0 Å². The van der Waals surface area contributed by atoms with Crippen LogP contribution < -0.4 is 10.2 Å². The van der Waals surface area contributed by atoms with Crippen molar-refractivity contribution < 1.29 is 4.79 Å². The molecule has 9 heteroatoms. The lowest BCUT2D eigenvalue weighted by Gasteiger charge is -2.34. The molecule has 1 amide bonds. The molecule has 3 heterocycles. The molecule has 0 radical (unpaired) electrons. The lowest BCUT2D eigenvalue weighted by Crippen LogP contribution is -2.46. The average Bonchev–Trinajstić information content (AvgIpc) is 2.86. The Morgan fingerprint density at radius 3 is 2.45 bits per heavy atom. The Morgan fingerprint density at radius 1 is 1.03 bits per heavy atom. The molecule has 1 N–H and O–H groups in total. The van der Waals surface area contributed by atoms with E-state index in [0.29, 0.717) is 28.2 Å². The molecule has 172 valence electrons. The van der Waals surface area contributed by atoms with Gasteiger partial charge in [-0.25, -0.2) is 9.97 Å². The smallest absolute Gasteiger partial charge is 0.251 e. The molecule has 4 rings (SSSR count). The van der Waals surface area contributed by atoms with Crippen LogP contribution in [-0.4, -0.2) is 58.5 Å². The van der Waals surface area contributed by atoms with Gasteiger partial charge in [0.15, 0.2) is 5.16 Å². The van der Waals surface area contributed by atoms with Gasteiger partial charge < -0.3 is 15.1 Å². The molecule has 0 aliphatic carbocycles. The number of nitrogens with zero attached hydrogens (tertiary/aromatic N) is 5. The molecule has 0 atom stereocenters. The third-order valence-corrected chi connectivity index (χ3v) is 6.70. The van der Waals surface area contributed by atoms with Crippen LogP contribution in [0.5, 0.6) is 0 Å². The third-order valence-electron chi connectivity index (χ3n) is 5.59. The van der Waals surface area contributed by atoms with E-state index in [2.05, 4.69) is 32.0 Å². The normalized spacial score (nSPS) is 14.3. The van der Waals surface area contributed by atoms with Crippen molar-refractivity contribution in [2.45, 2.75) is 24.4 Å². The summed E-state index contributed by atoms with van der Waals surface area (Å²) in [5.74, 6) is 1.48. The van der Waals surface area contributed by atoms with E-state index < -0.39 is 0 Å². The molecular formula is C24H27ClN6OS. The predicted molar refractivity (Wildman–Crippen MR) is 133 cm³/mol. The first-order valence-electron chi connectivity index (χ1n) is 11.0. The van der Waals surface area contributed by atoms with Crippen LogP contribution in [0.4, 0.5) is 5.82 Å². The molecule has 1 aliphatic heterocycles. The van der Waals surface area contributed by atoms with Gasteiger partial charge in [0.2, 0.25) is 0 Å². The number of nitrogens with one attached hydrogen (secondary N) is 1. The Balaban J connectivity index is 1.31. The summed E-state index contributed by atoms with van der Waals surface area (Å²) < 4.78 is 0. The second-order valence-corrected chi connectivity index (χ2v) is 9.11. The van der Waals surface area contributed by atoms with Gasteiger partial charge in [0.1, 0.15) is 11.0 Å². The maximum absolute atomic E-state index is 12.4. The van der Waals surface area contributed by atoms with E-state index in [1.54, 1.807) is 24.2 Å². The zero-order valence-corrected chi connectivity index (χ0v) is 20.1. The molecule has 1 aromatic carbocycles. The minimum Gasteiger partial charge on any atom is -0.354 e. The van der Waals surface area contributed by atoms with Crippen LogP contribution >= 0.6 is 23.4 Å². The van der Waals surface area contributed by atoms with E-state index in [1.807, 2.05) is 42.5 Å². The van der Waals surface area contributed by atoms with E-state index >= 15 is 0 Å². The molecule has 1 saturated heterocycles. The van der Waals surface area contributed by atoms with Gasteiger partial charge >= 0.3 is 0 Å². The van der Waals surface area contributed by atoms with Crippen LogP contribution in [0.3, 0.4) is 0 Å². The fourth-order valence-electron chi connectivity index (χ4n) is 3.59. The molecule has 0 bridgehead atoms. The maximum Gasteiger partial charge on any atom is 0.251 e. The molecule has 0 unspecified atom stereocenters. The molecule has 2 aromatic heterocycles. The number of rotatable bonds is 8. The number of hydrogen-bond acceptors (Lipinski definition) is 7. The predicted octanol–water partition coefficient (Wildman–Crippen LogP) is 3.89. The molecule has 1 aliphatic rings. The average molecular weight is 483 g/mol. The fraction of sp³-hybridized carbons (Fsp3) is 0.333. The van der Waals surface area contributed by atoms with Crippen molar-refractivity contribution in [3.05, 3.63) is 76.7 Å². The standard InChI is InChI=1S/C24H27ClN6OS/c1-2-30-11-13-31(14-12-30)22-15-21(25)28-24(29-22)33-17-19-3-5-20(6-4-19)23(32)27-16-18-7-9-26-10-8-18/h3-10,15H,2,11-14,16-17H2,1H3,(H,27,32). The number of aromatic nitrogens is 3. The number of amides is 1. The zero-order valence-electron chi connectivity index (χ0n) is 18.6. The highest BCUT2D eigenvalue weighted by molar-refractivity contribution is 7.98. The number of carbonyl (C=O) groups excluding carboxylic acids is 1. The summed E-state index contributed by atoms with van der Waals surface area (Å²) in [7, 11) is 0. The van der Waals surface area contributed by atoms with Crippen molar-refractivity contribution in [2.24, 2.45) is 0 Å². The van der Waals surface area contributed by atoms with Gasteiger partial charge in [0.25, 0.3) is 5.91 Å². The zero-order chi connectivity index (χ0) is 23.0. The summed E-state index contributed by atoms with van der Waals surface area (Å²) in [5, 5.41) is 4.05. The second-order valence-electron chi connectivity index (χ2n) is 7.78. The highest BCUT2D eigenvalue weighted by atomic mass is 35.5. The summed E-state index contributed by atoms with van der Waals surface area (Å²) in [6.07, 6.45) is 3.43.